The third-order valence-electron chi connectivity index (χ3n) is 2.58. The molecular weight excluding hydrogens is 254 g/mol. The SMILES string of the molecule is O=C1c2cc(Br)ccc2-c2cnccc21. The van der Waals surface area contributed by atoms with E-state index in [0.717, 1.165) is 26.7 Å². The Bertz CT molecular complexity index is 578. The van der Waals surface area contributed by atoms with Crippen LogP contribution in [0.3, 0.4) is 0 Å². The lowest BCUT2D eigenvalue weighted by molar-refractivity contribution is 0.104. The van der Waals surface area contributed by atoms with E-state index in [-0.39, 0.29) is 5.78 Å². The lowest BCUT2D eigenvalue weighted by Crippen LogP contribution is -1.94. The minimum atomic E-state index is 0.0868. The van der Waals surface area contributed by atoms with Crippen molar-refractivity contribution in [3.63, 3.8) is 0 Å². The number of fused-ring (bicyclic) bond motifs is 3. The Kier molecular flexibility index (Phi) is 1.76. The first kappa shape index (κ1) is 8.80. The van der Waals surface area contributed by atoms with Crippen LogP contribution in [0.25, 0.3) is 11.1 Å². The highest BCUT2D eigenvalue weighted by Gasteiger charge is 2.26. The molecule has 0 amide bonds. The summed E-state index contributed by atoms with van der Waals surface area (Å²) in [4.78, 5) is 16.0. The summed E-state index contributed by atoms with van der Waals surface area (Å²) in [6.45, 7) is 0. The number of benzene rings is 1. The van der Waals surface area contributed by atoms with Crippen LogP contribution < -0.4 is 0 Å². The van der Waals surface area contributed by atoms with Crippen LogP contribution in [-0.2, 0) is 0 Å². The molecule has 1 aliphatic rings. The van der Waals surface area contributed by atoms with Gasteiger partial charge in [-0.25, -0.2) is 0 Å². The number of halogens is 1. The smallest absolute Gasteiger partial charge is 0.194 e. The molecule has 0 bridgehead atoms. The van der Waals surface area contributed by atoms with Crippen molar-refractivity contribution in [3.05, 3.63) is 52.3 Å². The highest BCUT2D eigenvalue weighted by molar-refractivity contribution is 9.10. The van der Waals surface area contributed by atoms with E-state index in [2.05, 4.69) is 20.9 Å². The molecule has 2 nitrogen and oxygen atoms in total. The normalized spacial score (nSPS) is 12.5. The molecule has 2 aromatic rings. The van der Waals surface area contributed by atoms with Gasteiger partial charge in [0.25, 0.3) is 0 Å². The molecule has 15 heavy (non-hydrogen) atoms. The first-order valence-corrected chi connectivity index (χ1v) is 5.35. The van der Waals surface area contributed by atoms with Gasteiger partial charge in [0.2, 0.25) is 0 Å². The van der Waals surface area contributed by atoms with Crippen molar-refractivity contribution >= 4 is 21.7 Å². The first-order chi connectivity index (χ1) is 7.27. The third-order valence-corrected chi connectivity index (χ3v) is 3.08. The summed E-state index contributed by atoms with van der Waals surface area (Å²) in [5, 5.41) is 0. The molecule has 1 aromatic heterocycles. The molecule has 0 saturated heterocycles. The maximum atomic E-state index is 12.0. The number of pyridine rings is 1. The highest BCUT2D eigenvalue weighted by atomic mass is 79.9. The van der Waals surface area contributed by atoms with Crippen LogP contribution in [0.15, 0.2) is 41.1 Å². The van der Waals surface area contributed by atoms with Gasteiger partial charge in [-0.2, -0.15) is 0 Å². The number of aromatic nitrogens is 1. The number of carbonyl (C=O) groups excluding carboxylic acids is 1. The summed E-state index contributed by atoms with van der Waals surface area (Å²) in [6.07, 6.45) is 3.39. The van der Waals surface area contributed by atoms with E-state index in [9.17, 15) is 4.79 Å². The topological polar surface area (TPSA) is 30.0 Å². The van der Waals surface area contributed by atoms with Gasteiger partial charge in [-0.3, -0.25) is 9.78 Å². The molecule has 0 N–H and O–H groups in total. The summed E-state index contributed by atoms with van der Waals surface area (Å²) in [7, 11) is 0. The van der Waals surface area contributed by atoms with Gasteiger partial charge in [0.15, 0.2) is 5.78 Å². The average molecular weight is 260 g/mol. The maximum absolute atomic E-state index is 12.0. The minimum Gasteiger partial charge on any atom is -0.289 e. The lowest BCUT2D eigenvalue weighted by atomic mass is 10.1. The number of hydrogen-bond donors (Lipinski definition) is 0. The molecule has 72 valence electrons. The molecule has 0 radical (unpaired) electrons. The second-order valence-corrected chi connectivity index (χ2v) is 4.36. The Hall–Kier alpha value is -1.48. The second kappa shape index (κ2) is 3.00. The standard InChI is InChI=1S/C12H6BrNO/c13-7-1-2-8-10(5-7)12(15)9-3-4-14-6-11(8)9/h1-6H. The van der Waals surface area contributed by atoms with Gasteiger partial charge in [0.1, 0.15) is 0 Å². The van der Waals surface area contributed by atoms with Gasteiger partial charge >= 0.3 is 0 Å². The largest absolute Gasteiger partial charge is 0.289 e. The van der Waals surface area contributed by atoms with Crippen molar-refractivity contribution < 1.29 is 4.79 Å². The predicted octanol–water partition coefficient (Wildman–Crippen LogP) is 3.06. The van der Waals surface area contributed by atoms with Crippen molar-refractivity contribution in [1.29, 1.82) is 0 Å². The van der Waals surface area contributed by atoms with Crippen LogP contribution in [0, 0.1) is 0 Å². The van der Waals surface area contributed by atoms with Crippen LogP contribution >= 0.6 is 15.9 Å². The molecule has 0 aliphatic heterocycles. The van der Waals surface area contributed by atoms with Crippen LogP contribution in [0.4, 0.5) is 0 Å². The van der Waals surface area contributed by atoms with E-state index in [1.54, 1.807) is 18.5 Å². The summed E-state index contributed by atoms with van der Waals surface area (Å²) < 4.78 is 0.926. The summed E-state index contributed by atoms with van der Waals surface area (Å²) in [6, 6.07) is 7.52. The van der Waals surface area contributed by atoms with Gasteiger partial charge in [-0.05, 0) is 23.8 Å². The van der Waals surface area contributed by atoms with Gasteiger partial charge in [0.05, 0.1) is 0 Å². The molecule has 0 fully saturated rings. The van der Waals surface area contributed by atoms with E-state index in [4.69, 9.17) is 0 Å². The van der Waals surface area contributed by atoms with Crippen molar-refractivity contribution in [2.75, 3.05) is 0 Å². The Morgan fingerprint density at radius 3 is 2.73 bits per heavy atom. The zero-order valence-corrected chi connectivity index (χ0v) is 9.28. The average Bonchev–Trinajstić information content (AvgIpc) is 2.54. The second-order valence-electron chi connectivity index (χ2n) is 3.44. The number of nitrogens with zero attached hydrogens (tertiary/aromatic N) is 1. The predicted molar refractivity (Wildman–Crippen MR) is 60.8 cm³/mol. The molecule has 0 saturated carbocycles. The van der Waals surface area contributed by atoms with Gasteiger partial charge in [0, 0.05) is 33.6 Å². The molecule has 3 heteroatoms. The quantitative estimate of drug-likeness (QED) is 0.621. The molecule has 3 rings (SSSR count). The van der Waals surface area contributed by atoms with Crippen LogP contribution in [0.2, 0.25) is 0 Å². The highest BCUT2D eigenvalue weighted by Crippen LogP contribution is 2.36. The fraction of sp³-hybridized carbons (Fsp3) is 0. The molecule has 1 aromatic carbocycles. The van der Waals surface area contributed by atoms with E-state index < -0.39 is 0 Å². The molecular formula is C12H6BrNO. The number of rotatable bonds is 0. The minimum absolute atomic E-state index is 0.0868. The van der Waals surface area contributed by atoms with Crippen LogP contribution in [-0.4, -0.2) is 10.8 Å². The zero-order chi connectivity index (χ0) is 10.4. The van der Waals surface area contributed by atoms with Gasteiger partial charge < -0.3 is 0 Å². The summed E-state index contributed by atoms with van der Waals surface area (Å²) >= 11 is 3.37. The molecule has 1 heterocycles. The Morgan fingerprint density at radius 2 is 1.87 bits per heavy atom. The van der Waals surface area contributed by atoms with E-state index in [1.165, 1.54) is 0 Å². The number of ketones is 1. The first-order valence-electron chi connectivity index (χ1n) is 4.56. The number of carbonyl (C=O) groups is 1. The summed E-state index contributed by atoms with van der Waals surface area (Å²) in [5.74, 6) is 0.0868. The van der Waals surface area contributed by atoms with Crippen molar-refractivity contribution in [2.24, 2.45) is 0 Å². The molecule has 0 spiro atoms. The summed E-state index contributed by atoms with van der Waals surface area (Å²) in [5.41, 5.74) is 3.42. The third kappa shape index (κ3) is 1.16. The Labute approximate surface area is 95.1 Å². The Balaban J connectivity index is 2.38. The maximum Gasteiger partial charge on any atom is 0.194 e. The monoisotopic (exact) mass is 259 g/mol. The van der Waals surface area contributed by atoms with E-state index >= 15 is 0 Å². The van der Waals surface area contributed by atoms with Crippen LogP contribution in [0.5, 0.6) is 0 Å². The molecule has 1 aliphatic carbocycles. The Morgan fingerprint density at radius 1 is 1.00 bits per heavy atom. The van der Waals surface area contributed by atoms with E-state index in [1.807, 2.05) is 18.2 Å². The number of hydrogen-bond acceptors (Lipinski definition) is 2. The fourth-order valence-corrected chi connectivity index (χ4v) is 2.25. The van der Waals surface area contributed by atoms with Gasteiger partial charge in [-0.15, -0.1) is 0 Å². The zero-order valence-electron chi connectivity index (χ0n) is 7.70. The lowest BCUT2D eigenvalue weighted by Gasteiger charge is -1.98. The molecule has 0 unspecified atom stereocenters. The van der Waals surface area contributed by atoms with Gasteiger partial charge in [-0.1, -0.05) is 22.0 Å². The van der Waals surface area contributed by atoms with Crippen molar-refractivity contribution in [1.82, 2.24) is 4.98 Å². The van der Waals surface area contributed by atoms with Crippen molar-refractivity contribution in [2.45, 2.75) is 0 Å². The van der Waals surface area contributed by atoms with E-state index in [0.29, 0.717) is 0 Å². The van der Waals surface area contributed by atoms with Crippen LogP contribution in [0.1, 0.15) is 15.9 Å². The fourth-order valence-electron chi connectivity index (χ4n) is 1.89. The molecule has 0 atom stereocenters. The van der Waals surface area contributed by atoms with Crippen molar-refractivity contribution in [3.8, 4) is 11.1 Å².